The van der Waals surface area contributed by atoms with E-state index in [1.165, 1.54) is 6.20 Å². The van der Waals surface area contributed by atoms with E-state index in [1.54, 1.807) is 17.9 Å². The van der Waals surface area contributed by atoms with E-state index in [0.717, 1.165) is 31.7 Å². The van der Waals surface area contributed by atoms with E-state index in [0.29, 0.717) is 23.3 Å². The van der Waals surface area contributed by atoms with Gasteiger partial charge in [0.2, 0.25) is 11.8 Å². The molecule has 3 unspecified atom stereocenters. The topological polar surface area (TPSA) is 110 Å². The van der Waals surface area contributed by atoms with Crippen molar-refractivity contribution in [2.75, 3.05) is 5.32 Å². The fourth-order valence-corrected chi connectivity index (χ4v) is 4.92. The number of carbonyl (C=O) groups is 1. The average molecular weight is 444 g/mol. The first-order valence-electron chi connectivity index (χ1n) is 9.90. The SMILES string of the molecule is Cc1nnc(C23CC(C)CC(C2)N3C(=O)Nc2cc(-c3ncc(F)cn3)c(Cl)cn2)o1. The zero-order valence-electron chi connectivity index (χ0n) is 16.8. The molecule has 31 heavy (non-hydrogen) atoms. The molecule has 4 heterocycles. The van der Waals surface area contributed by atoms with Gasteiger partial charge in [0.25, 0.3) is 0 Å². The van der Waals surface area contributed by atoms with E-state index in [4.69, 9.17) is 16.0 Å². The number of anilines is 1. The maximum atomic E-state index is 13.2. The Kier molecular flexibility index (Phi) is 4.62. The van der Waals surface area contributed by atoms with Gasteiger partial charge in [0, 0.05) is 31.1 Å². The Morgan fingerprint density at radius 2 is 2.03 bits per heavy atom. The van der Waals surface area contributed by atoms with Crippen molar-refractivity contribution in [3.8, 4) is 11.4 Å². The minimum absolute atomic E-state index is 0.0863. The molecule has 5 rings (SSSR count). The molecule has 160 valence electrons. The summed E-state index contributed by atoms with van der Waals surface area (Å²) in [6.45, 7) is 3.89. The largest absolute Gasteiger partial charge is 0.423 e. The number of pyridine rings is 1. The molecule has 2 aliphatic rings. The summed E-state index contributed by atoms with van der Waals surface area (Å²) in [5, 5.41) is 11.3. The highest BCUT2D eigenvalue weighted by Crippen LogP contribution is 2.55. The van der Waals surface area contributed by atoms with Gasteiger partial charge in [-0.3, -0.25) is 5.32 Å². The Labute approximate surface area is 182 Å². The normalized spacial score (nSPS) is 24.6. The van der Waals surface area contributed by atoms with E-state index in [2.05, 4.69) is 37.4 Å². The molecule has 0 spiro atoms. The number of aromatic nitrogens is 5. The van der Waals surface area contributed by atoms with Crippen LogP contribution in [0.4, 0.5) is 15.0 Å². The predicted octanol–water partition coefficient (Wildman–Crippen LogP) is 3.95. The van der Waals surface area contributed by atoms with Crippen molar-refractivity contribution in [3.05, 3.63) is 47.3 Å². The number of piperidine rings is 1. The van der Waals surface area contributed by atoms with Crippen LogP contribution in [-0.4, -0.2) is 42.1 Å². The highest BCUT2D eigenvalue weighted by Gasteiger charge is 2.62. The molecule has 2 bridgehead atoms. The summed E-state index contributed by atoms with van der Waals surface area (Å²) in [6.07, 6.45) is 5.95. The van der Waals surface area contributed by atoms with Crippen molar-refractivity contribution in [1.29, 1.82) is 0 Å². The molecule has 1 saturated heterocycles. The minimum atomic E-state index is -0.608. The van der Waals surface area contributed by atoms with Crippen molar-refractivity contribution < 1.29 is 13.6 Å². The second kappa shape index (κ2) is 7.23. The Morgan fingerprint density at radius 3 is 2.74 bits per heavy atom. The van der Waals surface area contributed by atoms with Gasteiger partial charge in [-0.15, -0.1) is 10.2 Å². The zero-order chi connectivity index (χ0) is 21.8. The Morgan fingerprint density at radius 1 is 1.26 bits per heavy atom. The number of likely N-dealkylation sites (tertiary alicyclic amines) is 1. The van der Waals surface area contributed by atoms with Gasteiger partial charge in [-0.2, -0.15) is 0 Å². The molecule has 2 fully saturated rings. The molecule has 2 amide bonds. The molecule has 9 nitrogen and oxygen atoms in total. The maximum absolute atomic E-state index is 13.2. The van der Waals surface area contributed by atoms with Crippen LogP contribution in [0.1, 0.15) is 38.0 Å². The number of rotatable bonds is 3. The molecule has 1 aliphatic heterocycles. The summed E-state index contributed by atoms with van der Waals surface area (Å²) in [7, 11) is 0. The number of nitrogens with one attached hydrogen (secondary N) is 1. The molecule has 11 heteroatoms. The number of halogens is 2. The van der Waals surface area contributed by atoms with E-state index in [-0.39, 0.29) is 28.7 Å². The summed E-state index contributed by atoms with van der Waals surface area (Å²) < 4.78 is 18.9. The van der Waals surface area contributed by atoms with Crippen molar-refractivity contribution in [2.45, 2.75) is 44.7 Å². The smallest absolute Gasteiger partial charge is 0.324 e. The molecular weight excluding hydrogens is 425 g/mol. The quantitative estimate of drug-likeness (QED) is 0.652. The lowest BCUT2D eigenvalue weighted by Gasteiger charge is -2.61. The number of carbonyl (C=O) groups excluding carboxylic acids is 1. The fourth-order valence-electron chi connectivity index (χ4n) is 4.73. The molecule has 3 aromatic heterocycles. The number of amides is 2. The van der Waals surface area contributed by atoms with Crippen molar-refractivity contribution in [1.82, 2.24) is 30.0 Å². The first-order valence-corrected chi connectivity index (χ1v) is 10.3. The van der Waals surface area contributed by atoms with Crippen LogP contribution in [0.5, 0.6) is 0 Å². The maximum Gasteiger partial charge on any atom is 0.324 e. The summed E-state index contributed by atoms with van der Waals surface area (Å²) in [6, 6.07) is 1.35. The standard InChI is InChI=1S/C20H19ClFN7O2/c1-10-3-13-6-20(5-10,18-28-27-11(2)31-18)29(13)19(30)26-16-4-14(15(21)9-23-16)17-24-7-12(22)8-25-17/h4,7-10,13H,3,5-6H2,1-2H3,(H,23,26,30). The fraction of sp³-hybridized carbons (Fsp3) is 0.400. The lowest BCUT2D eigenvalue weighted by atomic mass is 9.64. The third-order valence-corrected chi connectivity index (χ3v) is 6.16. The number of fused-ring (bicyclic) bond motifs is 2. The van der Waals surface area contributed by atoms with Gasteiger partial charge in [0.15, 0.2) is 11.6 Å². The van der Waals surface area contributed by atoms with Gasteiger partial charge in [-0.25, -0.2) is 24.1 Å². The lowest BCUT2D eigenvalue weighted by Crippen LogP contribution is -2.70. The van der Waals surface area contributed by atoms with Gasteiger partial charge in [-0.05, 0) is 24.8 Å². The van der Waals surface area contributed by atoms with Crippen molar-refractivity contribution >= 4 is 23.4 Å². The van der Waals surface area contributed by atoms with Gasteiger partial charge >= 0.3 is 6.03 Å². The summed E-state index contributed by atoms with van der Waals surface area (Å²) in [4.78, 5) is 27.1. The van der Waals surface area contributed by atoms with Crippen LogP contribution in [0.25, 0.3) is 11.4 Å². The minimum Gasteiger partial charge on any atom is -0.423 e. The van der Waals surface area contributed by atoms with Crippen molar-refractivity contribution in [3.63, 3.8) is 0 Å². The van der Waals surface area contributed by atoms with Crippen LogP contribution in [0.3, 0.4) is 0 Å². The second-order valence-electron chi connectivity index (χ2n) is 8.14. The monoisotopic (exact) mass is 443 g/mol. The number of nitrogens with zero attached hydrogens (tertiary/aromatic N) is 6. The van der Waals surface area contributed by atoms with Gasteiger partial charge in [0.05, 0.1) is 17.4 Å². The summed E-state index contributed by atoms with van der Waals surface area (Å²) >= 11 is 6.22. The zero-order valence-corrected chi connectivity index (χ0v) is 17.6. The van der Waals surface area contributed by atoms with E-state index < -0.39 is 11.4 Å². The van der Waals surface area contributed by atoms with Crippen LogP contribution >= 0.6 is 11.6 Å². The van der Waals surface area contributed by atoms with Crippen LogP contribution in [0.15, 0.2) is 29.1 Å². The number of hydrogen-bond acceptors (Lipinski definition) is 7. The first kappa shape index (κ1) is 19.8. The van der Waals surface area contributed by atoms with Crippen molar-refractivity contribution in [2.24, 2.45) is 5.92 Å². The van der Waals surface area contributed by atoms with Crippen LogP contribution in [0, 0.1) is 18.7 Å². The molecule has 3 aromatic rings. The molecule has 1 saturated carbocycles. The molecule has 1 N–H and O–H groups in total. The Balaban J connectivity index is 1.42. The number of hydrogen-bond donors (Lipinski definition) is 1. The van der Waals surface area contributed by atoms with Gasteiger partial charge in [-0.1, -0.05) is 18.5 Å². The third kappa shape index (κ3) is 3.31. The highest BCUT2D eigenvalue weighted by molar-refractivity contribution is 6.33. The molecule has 0 aromatic carbocycles. The molecule has 1 aliphatic carbocycles. The van der Waals surface area contributed by atoms with Gasteiger partial charge in [0.1, 0.15) is 11.4 Å². The number of urea groups is 1. The molecular formula is C20H19ClFN7O2. The van der Waals surface area contributed by atoms with E-state index in [9.17, 15) is 9.18 Å². The second-order valence-corrected chi connectivity index (χ2v) is 8.54. The average Bonchev–Trinajstić information content (AvgIpc) is 3.16. The van der Waals surface area contributed by atoms with Crippen LogP contribution in [-0.2, 0) is 5.54 Å². The predicted molar refractivity (Wildman–Crippen MR) is 109 cm³/mol. The van der Waals surface area contributed by atoms with Crippen LogP contribution < -0.4 is 5.32 Å². The molecule has 0 radical (unpaired) electrons. The van der Waals surface area contributed by atoms with E-state index >= 15 is 0 Å². The van der Waals surface area contributed by atoms with E-state index in [1.807, 2.05) is 0 Å². The summed E-state index contributed by atoms with van der Waals surface area (Å²) in [5.41, 5.74) is -0.171. The van der Waals surface area contributed by atoms with Gasteiger partial charge < -0.3 is 9.32 Å². The Hall–Kier alpha value is -3.14. The summed E-state index contributed by atoms with van der Waals surface area (Å²) in [5.74, 6) is 1.33. The Bertz CT molecular complexity index is 1150. The van der Waals surface area contributed by atoms with Crippen LogP contribution in [0.2, 0.25) is 5.02 Å². The highest BCUT2D eigenvalue weighted by atomic mass is 35.5. The molecule has 3 atom stereocenters. The lowest BCUT2D eigenvalue weighted by molar-refractivity contribution is -0.110. The number of aryl methyl sites for hydroxylation is 1. The first-order chi connectivity index (χ1) is 14.9. The third-order valence-electron chi connectivity index (χ3n) is 5.85.